The number of imide groups is 1. The molecule has 40 heavy (non-hydrogen) atoms. The zero-order chi connectivity index (χ0) is 27.5. The Balaban J connectivity index is 1.14. The van der Waals surface area contributed by atoms with Crippen LogP contribution in [-0.2, 0) is 19.3 Å². The van der Waals surface area contributed by atoms with Gasteiger partial charge in [-0.15, -0.1) is 0 Å². The molecule has 0 N–H and O–H groups in total. The molecule has 5 aromatic rings. The fourth-order valence-electron chi connectivity index (χ4n) is 5.14. The van der Waals surface area contributed by atoms with Gasteiger partial charge < -0.3 is 0 Å². The monoisotopic (exact) mass is 521 g/mol. The third-order valence-electron chi connectivity index (χ3n) is 7.29. The molecule has 4 heteroatoms. The summed E-state index contributed by atoms with van der Waals surface area (Å²) in [5.74, 6) is -0.873. The van der Waals surface area contributed by atoms with Gasteiger partial charge in [-0.25, -0.2) is 4.90 Å². The second-order valence-electron chi connectivity index (χ2n) is 10.1. The predicted molar refractivity (Wildman–Crippen MR) is 157 cm³/mol. The van der Waals surface area contributed by atoms with E-state index in [0.29, 0.717) is 16.8 Å². The Labute approximate surface area is 233 Å². The van der Waals surface area contributed by atoms with Crippen LogP contribution in [0.3, 0.4) is 0 Å². The van der Waals surface area contributed by atoms with E-state index in [9.17, 15) is 14.4 Å². The summed E-state index contributed by atoms with van der Waals surface area (Å²) in [5, 5.41) is 0. The number of rotatable bonds is 8. The molecule has 194 valence electrons. The first kappa shape index (κ1) is 25.2. The highest BCUT2D eigenvalue weighted by molar-refractivity contribution is 6.34. The van der Waals surface area contributed by atoms with Gasteiger partial charge >= 0.3 is 0 Å². The topological polar surface area (TPSA) is 54.5 Å². The van der Waals surface area contributed by atoms with Crippen molar-refractivity contribution < 1.29 is 14.4 Å². The molecule has 5 aromatic carbocycles. The van der Waals surface area contributed by atoms with Crippen LogP contribution in [0.1, 0.15) is 58.9 Å². The maximum atomic E-state index is 13.3. The van der Waals surface area contributed by atoms with Gasteiger partial charge in [0, 0.05) is 12.0 Å². The molecule has 0 saturated heterocycles. The number of amides is 2. The maximum absolute atomic E-state index is 13.3. The van der Waals surface area contributed by atoms with Crippen molar-refractivity contribution in [3.8, 4) is 0 Å². The summed E-state index contributed by atoms with van der Waals surface area (Å²) in [6.45, 7) is 0. The van der Waals surface area contributed by atoms with E-state index in [0.717, 1.165) is 24.0 Å². The number of hydrogen-bond acceptors (Lipinski definition) is 3. The van der Waals surface area contributed by atoms with Crippen LogP contribution in [0.25, 0.3) is 0 Å². The minimum atomic E-state index is -0.407. The standard InChI is InChI=1S/C36H27NO3/c38-34(23-29-13-11-27(12-14-29)21-25-7-3-1-4-8-25)30-17-20-32-33(24-30)36(40)37(35(32)39)31-18-15-28(16-19-31)22-26-9-5-2-6-10-26/h1-20,24H,21-23H2. The van der Waals surface area contributed by atoms with Gasteiger partial charge in [-0.3, -0.25) is 14.4 Å². The SMILES string of the molecule is O=C(Cc1ccc(Cc2ccccc2)cc1)c1ccc2c(c1)C(=O)N(c1ccc(Cc3ccccc3)cc1)C2=O. The van der Waals surface area contributed by atoms with Crippen LogP contribution in [0.15, 0.2) is 127 Å². The Kier molecular flexibility index (Phi) is 6.90. The van der Waals surface area contributed by atoms with Crippen molar-refractivity contribution in [3.63, 3.8) is 0 Å². The number of carbonyl (C=O) groups is 3. The largest absolute Gasteiger partial charge is 0.294 e. The normalized spacial score (nSPS) is 12.4. The van der Waals surface area contributed by atoms with Crippen molar-refractivity contribution >= 4 is 23.3 Å². The van der Waals surface area contributed by atoms with Crippen LogP contribution < -0.4 is 4.90 Å². The van der Waals surface area contributed by atoms with Crippen LogP contribution in [0.5, 0.6) is 0 Å². The number of carbonyl (C=O) groups excluding carboxylic acids is 3. The molecule has 0 radical (unpaired) electrons. The molecular formula is C36H27NO3. The minimum absolute atomic E-state index is 0.0948. The van der Waals surface area contributed by atoms with E-state index in [-0.39, 0.29) is 23.7 Å². The zero-order valence-electron chi connectivity index (χ0n) is 21.9. The van der Waals surface area contributed by atoms with E-state index in [1.165, 1.54) is 21.6 Å². The van der Waals surface area contributed by atoms with Gasteiger partial charge in [0.25, 0.3) is 11.8 Å². The molecule has 0 aliphatic carbocycles. The summed E-state index contributed by atoms with van der Waals surface area (Å²) in [4.78, 5) is 40.7. The fourth-order valence-corrected chi connectivity index (χ4v) is 5.14. The van der Waals surface area contributed by atoms with Crippen molar-refractivity contribution in [1.82, 2.24) is 0 Å². The van der Waals surface area contributed by atoms with Crippen LogP contribution in [0.2, 0.25) is 0 Å². The van der Waals surface area contributed by atoms with Crippen molar-refractivity contribution in [2.24, 2.45) is 0 Å². The molecule has 0 spiro atoms. The van der Waals surface area contributed by atoms with Gasteiger partial charge in [-0.2, -0.15) is 0 Å². The molecule has 0 atom stereocenters. The smallest absolute Gasteiger partial charge is 0.266 e. The van der Waals surface area contributed by atoms with Gasteiger partial charge in [0.05, 0.1) is 16.8 Å². The quantitative estimate of drug-likeness (QED) is 0.162. The number of nitrogens with zero attached hydrogens (tertiary/aromatic N) is 1. The summed E-state index contributed by atoms with van der Waals surface area (Å²) in [6.07, 6.45) is 1.83. The van der Waals surface area contributed by atoms with Crippen LogP contribution in [-0.4, -0.2) is 17.6 Å². The van der Waals surface area contributed by atoms with Crippen molar-refractivity contribution in [2.75, 3.05) is 4.90 Å². The molecule has 0 fully saturated rings. The third-order valence-corrected chi connectivity index (χ3v) is 7.29. The molecule has 0 saturated carbocycles. The lowest BCUT2D eigenvalue weighted by Crippen LogP contribution is -2.29. The van der Waals surface area contributed by atoms with Crippen molar-refractivity contribution in [2.45, 2.75) is 19.3 Å². The average Bonchev–Trinajstić information content (AvgIpc) is 3.24. The summed E-state index contributed by atoms with van der Waals surface area (Å²) >= 11 is 0. The Morgan fingerprint density at radius 2 is 0.975 bits per heavy atom. The summed E-state index contributed by atoms with van der Waals surface area (Å²) in [7, 11) is 0. The molecule has 4 nitrogen and oxygen atoms in total. The zero-order valence-corrected chi connectivity index (χ0v) is 21.9. The van der Waals surface area contributed by atoms with Gasteiger partial charge in [-0.05, 0) is 64.9 Å². The first-order chi connectivity index (χ1) is 19.5. The first-order valence-corrected chi connectivity index (χ1v) is 13.4. The lowest BCUT2D eigenvalue weighted by molar-refractivity contribution is 0.0925. The highest BCUT2D eigenvalue weighted by Gasteiger charge is 2.37. The number of fused-ring (bicyclic) bond motifs is 1. The number of Topliss-reactive ketones (excluding diaryl/α,β-unsaturated/α-hetero) is 1. The Bertz CT molecular complexity index is 1690. The van der Waals surface area contributed by atoms with Gasteiger partial charge in [0.1, 0.15) is 0 Å². The second kappa shape index (κ2) is 11.0. The molecule has 2 amide bonds. The first-order valence-electron chi connectivity index (χ1n) is 13.4. The fraction of sp³-hybridized carbons (Fsp3) is 0.0833. The Morgan fingerprint density at radius 3 is 1.55 bits per heavy atom. The van der Waals surface area contributed by atoms with E-state index in [1.807, 2.05) is 72.8 Å². The van der Waals surface area contributed by atoms with Crippen LogP contribution >= 0.6 is 0 Å². The van der Waals surface area contributed by atoms with Gasteiger partial charge in [-0.1, -0.05) is 103 Å². The van der Waals surface area contributed by atoms with Gasteiger partial charge in [0.15, 0.2) is 5.78 Å². The molecule has 1 aliphatic rings. The molecular weight excluding hydrogens is 494 g/mol. The molecule has 1 aliphatic heterocycles. The number of benzene rings is 5. The van der Waals surface area contributed by atoms with E-state index in [4.69, 9.17) is 0 Å². The van der Waals surface area contributed by atoms with E-state index < -0.39 is 5.91 Å². The molecule has 0 unspecified atom stereocenters. The van der Waals surface area contributed by atoms with Gasteiger partial charge in [0.2, 0.25) is 0 Å². The molecule has 1 heterocycles. The number of hydrogen-bond donors (Lipinski definition) is 0. The highest BCUT2D eigenvalue weighted by Crippen LogP contribution is 2.30. The Morgan fingerprint density at radius 1 is 0.500 bits per heavy atom. The number of ketones is 1. The second-order valence-corrected chi connectivity index (χ2v) is 10.1. The van der Waals surface area contributed by atoms with E-state index >= 15 is 0 Å². The minimum Gasteiger partial charge on any atom is -0.294 e. The third kappa shape index (κ3) is 5.25. The predicted octanol–water partition coefficient (Wildman–Crippen LogP) is 7.09. The van der Waals surface area contributed by atoms with Crippen LogP contribution in [0.4, 0.5) is 5.69 Å². The average molecular weight is 522 g/mol. The molecule has 0 bridgehead atoms. The van der Waals surface area contributed by atoms with Crippen LogP contribution in [0, 0.1) is 0 Å². The Hall–Kier alpha value is -5.09. The van der Waals surface area contributed by atoms with Crippen molar-refractivity contribution in [1.29, 1.82) is 0 Å². The number of anilines is 1. The maximum Gasteiger partial charge on any atom is 0.266 e. The lowest BCUT2D eigenvalue weighted by Gasteiger charge is -2.14. The van der Waals surface area contributed by atoms with Crippen molar-refractivity contribution in [3.05, 3.63) is 172 Å². The summed E-state index contributed by atoms with van der Waals surface area (Å²) < 4.78 is 0. The highest BCUT2D eigenvalue weighted by atomic mass is 16.2. The molecule has 0 aromatic heterocycles. The lowest BCUT2D eigenvalue weighted by atomic mass is 9.97. The summed E-state index contributed by atoms with van der Waals surface area (Å²) in [6, 6.07) is 40.7. The van der Waals surface area contributed by atoms with E-state index in [2.05, 4.69) is 24.3 Å². The van der Waals surface area contributed by atoms with E-state index in [1.54, 1.807) is 30.3 Å². The summed E-state index contributed by atoms with van der Waals surface area (Å²) in [5.41, 5.74) is 7.13. The molecule has 6 rings (SSSR count).